The van der Waals surface area contributed by atoms with Crippen LogP contribution in [-0.4, -0.2) is 29.3 Å². The van der Waals surface area contributed by atoms with Crippen molar-refractivity contribution >= 4 is 5.82 Å². The van der Waals surface area contributed by atoms with Crippen LogP contribution in [0.25, 0.3) is 0 Å². The van der Waals surface area contributed by atoms with Gasteiger partial charge < -0.3 is 9.64 Å². The zero-order valence-corrected chi connectivity index (χ0v) is 11.4. The van der Waals surface area contributed by atoms with Crippen LogP contribution in [0.15, 0.2) is 6.07 Å². The van der Waals surface area contributed by atoms with E-state index in [1.807, 2.05) is 27.7 Å². The number of ether oxygens (including phenoxy) is 1. The topological polar surface area (TPSA) is 25.4 Å². The summed E-state index contributed by atoms with van der Waals surface area (Å²) in [4.78, 5) is 4.97. The van der Waals surface area contributed by atoms with Gasteiger partial charge in [0.25, 0.3) is 5.95 Å². The Labute approximate surface area is 110 Å². The van der Waals surface area contributed by atoms with E-state index in [9.17, 15) is 13.2 Å². The van der Waals surface area contributed by atoms with Crippen LogP contribution < -0.4 is 4.90 Å². The molecule has 0 radical (unpaired) electrons. The first-order chi connectivity index (χ1) is 8.60. The third-order valence-corrected chi connectivity index (χ3v) is 2.86. The molecule has 1 aliphatic rings. The first-order valence-corrected chi connectivity index (χ1v) is 6.06. The van der Waals surface area contributed by atoms with E-state index in [2.05, 4.69) is 4.98 Å². The highest BCUT2D eigenvalue weighted by Crippen LogP contribution is 2.31. The molecule has 0 unspecified atom stereocenters. The lowest BCUT2D eigenvalue weighted by Gasteiger charge is -2.47. The molecule has 6 heteroatoms. The molecule has 2 rings (SSSR count). The number of nitrogens with zero attached hydrogens (tertiary/aromatic N) is 2. The number of rotatable bonds is 1. The van der Waals surface area contributed by atoms with Crippen molar-refractivity contribution in [3.05, 3.63) is 23.6 Å². The van der Waals surface area contributed by atoms with Gasteiger partial charge in [-0.05, 0) is 27.7 Å². The summed E-state index contributed by atoms with van der Waals surface area (Å²) >= 11 is 0. The molecular weight excluding hydrogens is 257 g/mol. The van der Waals surface area contributed by atoms with Crippen molar-refractivity contribution in [2.75, 3.05) is 18.0 Å². The summed E-state index contributed by atoms with van der Waals surface area (Å²) in [5.41, 5.74) is -1.05. The SMILES string of the molecule is CC1(C)CN(c2nc(F)c(F)cc2F)CC(C)(C)O1. The first-order valence-electron chi connectivity index (χ1n) is 6.06. The second kappa shape index (κ2) is 4.37. The van der Waals surface area contributed by atoms with Gasteiger partial charge in [0.15, 0.2) is 17.5 Å². The van der Waals surface area contributed by atoms with Gasteiger partial charge in [-0.25, -0.2) is 8.78 Å². The Kier molecular flexibility index (Phi) is 3.24. The molecule has 0 atom stereocenters. The molecule has 2 heterocycles. The smallest absolute Gasteiger partial charge is 0.251 e. The number of halogens is 3. The minimum atomic E-state index is -1.29. The Bertz CT molecular complexity index is 487. The highest BCUT2D eigenvalue weighted by atomic mass is 19.2. The van der Waals surface area contributed by atoms with Crippen LogP contribution >= 0.6 is 0 Å². The molecule has 1 fully saturated rings. The fourth-order valence-corrected chi connectivity index (χ4v) is 2.59. The van der Waals surface area contributed by atoms with Gasteiger partial charge in [-0.1, -0.05) is 0 Å². The summed E-state index contributed by atoms with van der Waals surface area (Å²) in [6.45, 7) is 8.14. The minimum Gasteiger partial charge on any atom is -0.366 e. The molecule has 0 saturated carbocycles. The number of hydrogen-bond acceptors (Lipinski definition) is 3. The second-order valence-corrected chi connectivity index (χ2v) is 6.04. The molecule has 1 aliphatic heterocycles. The van der Waals surface area contributed by atoms with Gasteiger partial charge in [0.1, 0.15) is 0 Å². The summed E-state index contributed by atoms with van der Waals surface area (Å²) in [5.74, 6) is -3.62. The van der Waals surface area contributed by atoms with Crippen molar-refractivity contribution in [1.29, 1.82) is 0 Å². The Balaban J connectivity index is 2.39. The number of aromatic nitrogens is 1. The highest BCUT2D eigenvalue weighted by Gasteiger charge is 2.39. The zero-order chi connectivity index (χ0) is 14.4. The molecule has 106 valence electrons. The van der Waals surface area contributed by atoms with Crippen LogP contribution in [0.5, 0.6) is 0 Å². The normalized spacial score (nSPS) is 21.5. The van der Waals surface area contributed by atoms with E-state index in [0.29, 0.717) is 19.2 Å². The van der Waals surface area contributed by atoms with Crippen molar-refractivity contribution in [2.24, 2.45) is 0 Å². The molecule has 1 aromatic heterocycles. The number of anilines is 1. The van der Waals surface area contributed by atoms with Crippen molar-refractivity contribution in [2.45, 2.75) is 38.9 Å². The molecule has 0 amide bonds. The van der Waals surface area contributed by atoms with Crippen molar-refractivity contribution in [3.8, 4) is 0 Å². The molecule has 0 aromatic carbocycles. The third-order valence-electron chi connectivity index (χ3n) is 2.86. The third kappa shape index (κ3) is 3.00. The summed E-state index contributed by atoms with van der Waals surface area (Å²) in [5, 5.41) is 0. The van der Waals surface area contributed by atoms with Crippen LogP contribution in [0.3, 0.4) is 0 Å². The molecule has 0 aliphatic carbocycles. The quantitative estimate of drug-likeness (QED) is 0.736. The first kappa shape index (κ1) is 14.1. The van der Waals surface area contributed by atoms with Gasteiger partial charge in [-0.3, -0.25) is 0 Å². The Morgan fingerprint density at radius 3 is 2.11 bits per heavy atom. The fraction of sp³-hybridized carbons (Fsp3) is 0.615. The largest absolute Gasteiger partial charge is 0.366 e. The van der Waals surface area contributed by atoms with E-state index in [1.54, 1.807) is 4.90 Å². The van der Waals surface area contributed by atoms with Gasteiger partial charge in [0, 0.05) is 19.2 Å². The Morgan fingerprint density at radius 1 is 1.05 bits per heavy atom. The van der Waals surface area contributed by atoms with Crippen LogP contribution in [0, 0.1) is 17.6 Å². The maximum absolute atomic E-state index is 13.8. The summed E-state index contributed by atoms with van der Waals surface area (Å²) in [6, 6.07) is 0.521. The van der Waals surface area contributed by atoms with E-state index < -0.39 is 28.8 Å². The average molecular weight is 274 g/mol. The predicted molar refractivity (Wildman–Crippen MR) is 65.6 cm³/mol. The highest BCUT2D eigenvalue weighted by molar-refractivity contribution is 5.42. The van der Waals surface area contributed by atoms with Crippen LogP contribution in [0.2, 0.25) is 0 Å². The maximum Gasteiger partial charge on any atom is 0.251 e. The lowest BCUT2D eigenvalue weighted by molar-refractivity contribution is -0.133. The van der Waals surface area contributed by atoms with E-state index in [1.165, 1.54) is 0 Å². The summed E-state index contributed by atoms with van der Waals surface area (Å²) in [6.07, 6.45) is 0. The second-order valence-electron chi connectivity index (χ2n) is 6.04. The van der Waals surface area contributed by atoms with E-state index in [-0.39, 0.29) is 5.82 Å². The zero-order valence-electron chi connectivity index (χ0n) is 11.4. The Hall–Kier alpha value is -1.30. The van der Waals surface area contributed by atoms with Gasteiger partial charge in [-0.15, -0.1) is 0 Å². The molecule has 0 spiro atoms. The van der Waals surface area contributed by atoms with E-state index in [0.717, 1.165) is 0 Å². The van der Waals surface area contributed by atoms with E-state index in [4.69, 9.17) is 4.74 Å². The maximum atomic E-state index is 13.8. The summed E-state index contributed by atoms with van der Waals surface area (Å²) < 4.78 is 45.7. The number of morpholine rings is 1. The molecule has 0 bridgehead atoms. The monoisotopic (exact) mass is 274 g/mol. The van der Waals surface area contributed by atoms with Gasteiger partial charge in [0.05, 0.1) is 11.2 Å². The van der Waals surface area contributed by atoms with Crippen LogP contribution in [-0.2, 0) is 4.74 Å². The lowest BCUT2D eigenvalue weighted by atomic mass is 9.99. The predicted octanol–water partition coefficient (Wildman–Crippen LogP) is 2.89. The molecule has 19 heavy (non-hydrogen) atoms. The van der Waals surface area contributed by atoms with E-state index >= 15 is 0 Å². The van der Waals surface area contributed by atoms with Crippen molar-refractivity contribution in [1.82, 2.24) is 4.98 Å². The Morgan fingerprint density at radius 2 is 1.58 bits per heavy atom. The lowest BCUT2D eigenvalue weighted by Crippen LogP contribution is -2.57. The number of hydrogen-bond donors (Lipinski definition) is 0. The van der Waals surface area contributed by atoms with Crippen LogP contribution in [0.1, 0.15) is 27.7 Å². The van der Waals surface area contributed by atoms with Gasteiger partial charge >= 0.3 is 0 Å². The summed E-state index contributed by atoms with van der Waals surface area (Å²) in [7, 11) is 0. The van der Waals surface area contributed by atoms with Crippen molar-refractivity contribution < 1.29 is 17.9 Å². The molecule has 3 nitrogen and oxygen atoms in total. The molecule has 1 saturated heterocycles. The molecule has 0 N–H and O–H groups in total. The van der Waals surface area contributed by atoms with Crippen molar-refractivity contribution in [3.63, 3.8) is 0 Å². The average Bonchev–Trinajstić information content (AvgIpc) is 2.18. The molecular formula is C13H17F3N2O. The molecule has 1 aromatic rings. The number of pyridine rings is 1. The van der Waals surface area contributed by atoms with Gasteiger partial charge in [-0.2, -0.15) is 9.37 Å². The fourth-order valence-electron chi connectivity index (χ4n) is 2.59. The van der Waals surface area contributed by atoms with Crippen LogP contribution in [0.4, 0.5) is 19.0 Å². The minimum absolute atomic E-state index is 0.177. The van der Waals surface area contributed by atoms with Gasteiger partial charge in [0.2, 0.25) is 0 Å². The standard InChI is InChI=1S/C13H17F3N2O/c1-12(2)6-18(7-13(3,4)19-12)11-9(15)5-8(14)10(16)17-11/h5H,6-7H2,1-4H3.